The molecule has 31 heavy (non-hydrogen) atoms. The minimum atomic E-state index is -0.260. The summed E-state index contributed by atoms with van der Waals surface area (Å²) in [5.41, 5.74) is 2.65. The van der Waals surface area contributed by atoms with Gasteiger partial charge in [-0.2, -0.15) is 0 Å². The minimum Gasteiger partial charge on any atom is -0.367 e. The zero-order chi connectivity index (χ0) is 21.5. The second-order valence-electron chi connectivity index (χ2n) is 7.49. The standard InChI is InChI=1S/C23H29FN4O2.HI/c1-16-5-4-6-19(13-16)22(29)26-11-12-27-23(25-3)28-14-17(2)30-21(15-28)18-7-9-20(24)10-8-18;/h4-10,13,17,21H,11-12,14-15H2,1-3H3,(H,25,27)(H,26,29);1H. The largest absolute Gasteiger partial charge is 0.367 e. The van der Waals surface area contributed by atoms with Gasteiger partial charge >= 0.3 is 0 Å². The topological polar surface area (TPSA) is 66.0 Å². The summed E-state index contributed by atoms with van der Waals surface area (Å²) in [6.45, 7) is 6.32. The third-order valence-electron chi connectivity index (χ3n) is 4.99. The van der Waals surface area contributed by atoms with E-state index in [9.17, 15) is 9.18 Å². The first-order valence-electron chi connectivity index (χ1n) is 10.2. The second kappa shape index (κ2) is 12.0. The van der Waals surface area contributed by atoms with E-state index < -0.39 is 0 Å². The van der Waals surface area contributed by atoms with Gasteiger partial charge in [0.2, 0.25) is 0 Å². The zero-order valence-electron chi connectivity index (χ0n) is 18.1. The van der Waals surface area contributed by atoms with Gasteiger partial charge in [-0.25, -0.2) is 4.39 Å². The Morgan fingerprint density at radius 3 is 2.55 bits per heavy atom. The zero-order valence-corrected chi connectivity index (χ0v) is 20.4. The van der Waals surface area contributed by atoms with Crippen LogP contribution in [0, 0.1) is 12.7 Å². The van der Waals surface area contributed by atoms with Crippen molar-refractivity contribution in [3.8, 4) is 0 Å². The average molecular weight is 540 g/mol. The van der Waals surface area contributed by atoms with Crippen molar-refractivity contribution in [2.24, 2.45) is 4.99 Å². The summed E-state index contributed by atoms with van der Waals surface area (Å²) in [7, 11) is 1.74. The van der Waals surface area contributed by atoms with Crippen LogP contribution in [-0.4, -0.2) is 56.1 Å². The molecule has 2 aromatic rings. The maximum Gasteiger partial charge on any atom is 0.251 e. The number of hydrogen-bond acceptors (Lipinski definition) is 3. The summed E-state index contributed by atoms with van der Waals surface area (Å²) in [5.74, 6) is 0.401. The van der Waals surface area contributed by atoms with Crippen LogP contribution in [0.4, 0.5) is 4.39 Å². The van der Waals surface area contributed by atoms with Crippen molar-refractivity contribution in [2.45, 2.75) is 26.1 Å². The van der Waals surface area contributed by atoms with E-state index in [1.807, 2.05) is 32.0 Å². The molecule has 8 heteroatoms. The van der Waals surface area contributed by atoms with E-state index >= 15 is 0 Å². The first-order valence-corrected chi connectivity index (χ1v) is 10.2. The number of carbonyl (C=O) groups is 1. The van der Waals surface area contributed by atoms with E-state index in [0.29, 0.717) is 31.7 Å². The molecule has 168 valence electrons. The molecule has 0 aliphatic carbocycles. The molecule has 1 fully saturated rings. The molecule has 1 saturated heterocycles. The summed E-state index contributed by atoms with van der Waals surface area (Å²) in [4.78, 5) is 18.8. The molecular weight excluding hydrogens is 510 g/mol. The third-order valence-corrected chi connectivity index (χ3v) is 4.99. The van der Waals surface area contributed by atoms with Crippen molar-refractivity contribution in [1.82, 2.24) is 15.5 Å². The number of carbonyl (C=O) groups excluding carboxylic acids is 1. The highest BCUT2D eigenvalue weighted by Gasteiger charge is 2.28. The van der Waals surface area contributed by atoms with Crippen LogP contribution in [0.25, 0.3) is 0 Å². The van der Waals surface area contributed by atoms with E-state index in [1.165, 1.54) is 12.1 Å². The first kappa shape index (κ1) is 25.1. The van der Waals surface area contributed by atoms with Crippen molar-refractivity contribution < 1.29 is 13.9 Å². The number of amides is 1. The fraction of sp³-hybridized carbons (Fsp3) is 0.391. The lowest BCUT2D eigenvalue weighted by atomic mass is 10.1. The van der Waals surface area contributed by atoms with Crippen LogP contribution < -0.4 is 10.6 Å². The van der Waals surface area contributed by atoms with Gasteiger partial charge in [0.15, 0.2) is 5.96 Å². The molecule has 1 amide bonds. The van der Waals surface area contributed by atoms with Gasteiger partial charge in [0.05, 0.1) is 12.6 Å². The highest BCUT2D eigenvalue weighted by Crippen LogP contribution is 2.25. The van der Waals surface area contributed by atoms with Gasteiger partial charge in [0.25, 0.3) is 5.91 Å². The molecule has 0 saturated carbocycles. The summed E-state index contributed by atoms with van der Waals surface area (Å²) in [6.07, 6.45) is -0.151. The van der Waals surface area contributed by atoms with Crippen molar-refractivity contribution in [1.29, 1.82) is 0 Å². The number of morpholine rings is 1. The van der Waals surface area contributed by atoms with Gasteiger partial charge in [-0.05, 0) is 43.7 Å². The Hall–Kier alpha value is -2.20. The average Bonchev–Trinajstić information content (AvgIpc) is 2.73. The molecule has 1 heterocycles. The van der Waals surface area contributed by atoms with Crippen molar-refractivity contribution in [3.05, 3.63) is 71.0 Å². The van der Waals surface area contributed by atoms with E-state index in [2.05, 4.69) is 20.5 Å². The Bertz CT molecular complexity index is 891. The summed E-state index contributed by atoms with van der Waals surface area (Å²) < 4.78 is 19.3. The molecule has 0 aromatic heterocycles. The molecule has 0 bridgehead atoms. The first-order chi connectivity index (χ1) is 14.5. The van der Waals surface area contributed by atoms with E-state index in [0.717, 1.165) is 17.1 Å². The molecule has 6 nitrogen and oxygen atoms in total. The summed E-state index contributed by atoms with van der Waals surface area (Å²) in [6, 6.07) is 13.9. The monoisotopic (exact) mass is 540 g/mol. The number of guanidine groups is 1. The molecule has 2 N–H and O–H groups in total. The Balaban J connectivity index is 0.00000341. The lowest BCUT2D eigenvalue weighted by Crippen LogP contribution is -2.51. The summed E-state index contributed by atoms with van der Waals surface area (Å²) >= 11 is 0. The maximum atomic E-state index is 13.2. The molecule has 0 spiro atoms. The molecule has 2 unspecified atom stereocenters. The molecular formula is C23H30FIN4O2. The third kappa shape index (κ3) is 7.17. The molecule has 2 atom stereocenters. The van der Waals surface area contributed by atoms with Crippen LogP contribution in [0.5, 0.6) is 0 Å². The molecule has 2 aromatic carbocycles. The highest BCUT2D eigenvalue weighted by atomic mass is 127. The van der Waals surface area contributed by atoms with Crippen LogP contribution >= 0.6 is 24.0 Å². The Morgan fingerprint density at radius 1 is 1.16 bits per heavy atom. The Morgan fingerprint density at radius 2 is 1.87 bits per heavy atom. The lowest BCUT2D eigenvalue weighted by Gasteiger charge is -2.38. The van der Waals surface area contributed by atoms with Crippen molar-refractivity contribution >= 4 is 35.8 Å². The number of benzene rings is 2. The van der Waals surface area contributed by atoms with Crippen LogP contribution in [0.3, 0.4) is 0 Å². The Kier molecular flexibility index (Phi) is 9.70. The quantitative estimate of drug-likeness (QED) is 0.264. The van der Waals surface area contributed by atoms with Gasteiger partial charge in [0.1, 0.15) is 11.9 Å². The van der Waals surface area contributed by atoms with Gasteiger partial charge in [0, 0.05) is 32.2 Å². The van der Waals surface area contributed by atoms with Crippen LogP contribution in [-0.2, 0) is 4.74 Å². The van der Waals surface area contributed by atoms with E-state index in [1.54, 1.807) is 25.2 Å². The number of aliphatic imine (C=N–C) groups is 1. The molecule has 0 radical (unpaired) electrons. The highest BCUT2D eigenvalue weighted by molar-refractivity contribution is 14.0. The number of hydrogen-bond donors (Lipinski definition) is 2. The van der Waals surface area contributed by atoms with E-state index in [-0.39, 0.29) is 47.9 Å². The normalized spacial score (nSPS) is 18.8. The fourth-order valence-corrected chi connectivity index (χ4v) is 3.56. The molecule has 3 rings (SSSR count). The fourth-order valence-electron chi connectivity index (χ4n) is 3.56. The van der Waals surface area contributed by atoms with Gasteiger partial charge in [-0.15, -0.1) is 24.0 Å². The van der Waals surface area contributed by atoms with Crippen molar-refractivity contribution in [3.63, 3.8) is 0 Å². The maximum absolute atomic E-state index is 13.2. The second-order valence-corrected chi connectivity index (χ2v) is 7.49. The van der Waals surface area contributed by atoms with Gasteiger partial charge < -0.3 is 20.3 Å². The Labute approximate surface area is 200 Å². The number of aryl methyl sites for hydroxylation is 1. The SMILES string of the molecule is CN=C(NCCNC(=O)c1cccc(C)c1)N1CC(C)OC(c2ccc(F)cc2)C1.I. The predicted octanol–water partition coefficient (Wildman–Crippen LogP) is 3.52. The summed E-state index contributed by atoms with van der Waals surface area (Å²) in [5, 5.41) is 6.23. The molecule has 1 aliphatic heterocycles. The predicted molar refractivity (Wildman–Crippen MR) is 132 cm³/mol. The minimum absolute atomic E-state index is 0. The van der Waals surface area contributed by atoms with Gasteiger partial charge in [-0.1, -0.05) is 29.8 Å². The number of rotatable bonds is 5. The van der Waals surface area contributed by atoms with E-state index in [4.69, 9.17) is 4.74 Å². The lowest BCUT2D eigenvalue weighted by molar-refractivity contribution is -0.0604. The van der Waals surface area contributed by atoms with Crippen LogP contribution in [0.15, 0.2) is 53.5 Å². The van der Waals surface area contributed by atoms with Crippen molar-refractivity contribution in [2.75, 3.05) is 33.2 Å². The molecule has 1 aliphatic rings. The number of nitrogens with zero attached hydrogens (tertiary/aromatic N) is 2. The number of nitrogens with one attached hydrogen (secondary N) is 2. The number of ether oxygens (including phenoxy) is 1. The smallest absolute Gasteiger partial charge is 0.251 e. The van der Waals surface area contributed by atoms with Crippen LogP contribution in [0.2, 0.25) is 0 Å². The van der Waals surface area contributed by atoms with Gasteiger partial charge in [-0.3, -0.25) is 9.79 Å². The van der Waals surface area contributed by atoms with Crippen LogP contribution in [0.1, 0.15) is 34.5 Å². The number of halogens is 2.